The first-order valence-corrected chi connectivity index (χ1v) is 8.61. The highest BCUT2D eigenvalue weighted by atomic mass is 16.6. The van der Waals surface area contributed by atoms with Crippen LogP contribution in [0.5, 0.6) is 0 Å². The monoisotopic (exact) mass is 315 g/mol. The number of amides is 1. The summed E-state index contributed by atoms with van der Waals surface area (Å²) in [5.74, 6) is -0.0844. The van der Waals surface area contributed by atoms with E-state index < -0.39 is 12.1 Å². The zero-order valence-corrected chi connectivity index (χ0v) is 14.7. The van der Waals surface area contributed by atoms with Gasteiger partial charge in [0.05, 0.1) is 13.2 Å². The highest BCUT2D eigenvalue weighted by molar-refractivity contribution is 5.81. The fraction of sp³-hybridized carbons (Fsp3) is 0.882. The van der Waals surface area contributed by atoms with E-state index in [0.717, 1.165) is 38.5 Å². The topological polar surface area (TPSA) is 64.6 Å². The predicted molar refractivity (Wildman–Crippen MR) is 87.7 cm³/mol. The molecular weight excluding hydrogens is 282 g/mol. The van der Waals surface area contributed by atoms with Crippen LogP contribution in [-0.2, 0) is 14.3 Å². The van der Waals surface area contributed by atoms with Crippen LogP contribution in [0.4, 0.5) is 4.79 Å². The first kappa shape index (κ1) is 20.7. The molecule has 0 saturated carbocycles. The minimum absolute atomic E-state index is 0.279. The number of esters is 1. The van der Waals surface area contributed by atoms with Crippen LogP contribution in [-0.4, -0.2) is 31.3 Å². The lowest BCUT2D eigenvalue weighted by Gasteiger charge is -2.18. The highest BCUT2D eigenvalue weighted by Crippen LogP contribution is 2.08. The van der Waals surface area contributed by atoms with Crippen LogP contribution in [0.1, 0.15) is 72.6 Å². The van der Waals surface area contributed by atoms with Crippen LogP contribution in [0.25, 0.3) is 0 Å². The van der Waals surface area contributed by atoms with Gasteiger partial charge >= 0.3 is 12.1 Å². The van der Waals surface area contributed by atoms with E-state index in [9.17, 15) is 9.59 Å². The third-order valence-electron chi connectivity index (χ3n) is 3.21. The van der Waals surface area contributed by atoms with Crippen molar-refractivity contribution in [1.29, 1.82) is 0 Å². The fourth-order valence-electron chi connectivity index (χ4n) is 1.87. The van der Waals surface area contributed by atoms with Gasteiger partial charge in [-0.05, 0) is 18.8 Å². The number of unbranched alkanes of at least 4 members (excludes halogenated alkanes) is 4. The molecule has 0 rings (SSSR count). The summed E-state index contributed by atoms with van der Waals surface area (Å²) in [6.45, 7) is 8.88. The number of nitrogens with one attached hydrogen (secondary N) is 1. The lowest BCUT2D eigenvalue weighted by molar-refractivity contribution is -0.147. The molecule has 1 unspecified atom stereocenters. The van der Waals surface area contributed by atoms with E-state index in [1.807, 2.05) is 20.8 Å². The van der Waals surface area contributed by atoms with Gasteiger partial charge in [-0.2, -0.15) is 0 Å². The molecule has 0 heterocycles. The number of alkyl carbamates (subject to hydrolysis) is 1. The molecule has 0 spiro atoms. The molecule has 0 aromatic carbocycles. The lowest BCUT2D eigenvalue weighted by atomic mass is 10.1. The summed E-state index contributed by atoms with van der Waals surface area (Å²) >= 11 is 0. The second-order valence-corrected chi connectivity index (χ2v) is 6.06. The molecule has 0 aliphatic rings. The van der Waals surface area contributed by atoms with Crippen molar-refractivity contribution in [1.82, 2.24) is 5.32 Å². The van der Waals surface area contributed by atoms with Crippen LogP contribution in [0.15, 0.2) is 0 Å². The van der Waals surface area contributed by atoms with Crippen molar-refractivity contribution in [3.8, 4) is 0 Å². The van der Waals surface area contributed by atoms with Gasteiger partial charge in [-0.3, -0.25) is 0 Å². The van der Waals surface area contributed by atoms with Crippen LogP contribution in [0.3, 0.4) is 0 Å². The normalized spacial score (nSPS) is 12.0. The Bertz CT molecular complexity index is 305. The molecule has 0 aliphatic heterocycles. The second kappa shape index (κ2) is 13.4. The first-order valence-electron chi connectivity index (χ1n) is 8.61. The van der Waals surface area contributed by atoms with Gasteiger partial charge in [0.2, 0.25) is 0 Å². The van der Waals surface area contributed by atoms with Gasteiger partial charge in [-0.25, -0.2) is 9.59 Å². The molecule has 130 valence electrons. The molecule has 22 heavy (non-hydrogen) atoms. The Morgan fingerprint density at radius 1 is 0.955 bits per heavy atom. The molecule has 0 saturated heterocycles. The third-order valence-corrected chi connectivity index (χ3v) is 3.21. The van der Waals surface area contributed by atoms with Crippen molar-refractivity contribution < 1.29 is 19.1 Å². The fourth-order valence-corrected chi connectivity index (χ4v) is 1.87. The average Bonchev–Trinajstić information content (AvgIpc) is 2.48. The van der Waals surface area contributed by atoms with E-state index in [2.05, 4.69) is 12.2 Å². The quantitative estimate of drug-likeness (QED) is 0.436. The Hall–Kier alpha value is -1.26. The van der Waals surface area contributed by atoms with Crippen molar-refractivity contribution in [3.05, 3.63) is 0 Å². The first-order chi connectivity index (χ1) is 10.5. The predicted octanol–water partition coefficient (Wildman–Crippen LogP) is 4.05. The van der Waals surface area contributed by atoms with Crippen LogP contribution in [0, 0.1) is 5.92 Å². The van der Waals surface area contributed by atoms with Crippen molar-refractivity contribution in [3.63, 3.8) is 0 Å². The summed E-state index contributed by atoms with van der Waals surface area (Å²) in [4.78, 5) is 23.8. The minimum atomic E-state index is -0.607. The van der Waals surface area contributed by atoms with E-state index >= 15 is 0 Å². The van der Waals surface area contributed by atoms with E-state index in [1.54, 1.807) is 0 Å². The smallest absolute Gasteiger partial charge is 0.407 e. The third kappa shape index (κ3) is 11.4. The van der Waals surface area contributed by atoms with Gasteiger partial charge in [-0.15, -0.1) is 0 Å². The van der Waals surface area contributed by atoms with Crippen molar-refractivity contribution in [2.45, 2.75) is 78.7 Å². The average molecular weight is 315 g/mol. The Kier molecular flexibility index (Phi) is 12.6. The van der Waals surface area contributed by atoms with Gasteiger partial charge in [0.25, 0.3) is 0 Å². The maximum absolute atomic E-state index is 12.1. The number of rotatable bonds is 12. The van der Waals surface area contributed by atoms with E-state index in [1.165, 1.54) is 0 Å². The van der Waals surface area contributed by atoms with Crippen molar-refractivity contribution in [2.75, 3.05) is 13.2 Å². The molecule has 0 aromatic heterocycles. The Labute approximate surface area is 135 Å². The number of carbonyl (C=O) groups is 2. The van der Waals surface area contributed by atoms with Gasteiger partial charge in [0.1, 0.15) is 6.04 Å². The number of ether oxygens (including phenoxy) is 2. The summed E-state index contributed by atoms with van der Waals surface area (Å²) in [5, 5.41) is 2.64. The van der Waals surface area contributed by atoms with E-state index in [0.29, 0.717) is 19.6 Å². The number of carbonyl (C=O) groups excluding carboxylic acids is 2. The van der Waals surface area contributed by atoms with Gasteiger partial charge in [0, 0.05) is 0 Å². The second-order valence-electron chi connectivity index (χ2n) is 6.06. The summed E-state index contributed by atoms with van der Waals surface area (Å²) in [5.41, 5.74) is 0. The summed E-state index contributed by atoms with van der Waals surface area (Å²) in [6.07, 6.45) is 6.07. The summed E-state index contributed by atoms with van der Waals surface area (Å²) < 4.78 is 10.3. The summed E-state index contributed by atoms with van der Waals surface area (Å²) in [6, 6.07) is -0.607. The molecule has 0 bridgehead atoms. The standard InChI is InChI=1S/C17H33NO4/c1-5-7-9-10-11-15(16(19)22-13-14(3)4)18-17(20)21-12-8-6-2/h14-15H,5-13H2,1-4H3,(H,18,20). The lowest BCUT2D eigenvalue weighted by Crippen LogP contribution is -2.42. The Morgan fingerprint density at radius 3 is 2.23 bits per heavy atom. The zero-order chi connectivity index (χ0) is 16.8. The van der Waals surface area contributed by atoms with E-state index in [-0.39, 0.29) is 11.9 Å². The number of hydrogen-bond acceptors (Lipinski definition) is 4. The molecule has 0 aliphatic carbocycles. The molecule has 0 radical (unpaired) electrons. The molecule has 1 N–H and O–H groups in total. The van der Waals surface area contributed by atoms with Gasteiger partial charge < -0.3 is 14.8 Å². The molecule has 0 aromatic rings. The molecule has 5 heteroatoms. The largest absolute Gasteiger partial charge is 0.464 e. The molecule has 5 nitrogen and oxygen atoms in total. The van der Waals surface area contributed by atoms with Crippen LogP contribution >= 0.6 is 0 Å². The molecule has 1 amide bonds. The van der Waals surface area contributed by atoms with Gasteiger partial charge in [-0.1, -0.05) is 59.8 Å². The maximum atomic E-state index is 12.1. The van der Waals surface area contributed by atoms with Crippen LogP contribution in [0.2, 0.25) is 0 Å². The minimum Gasteiger partial charge on any atom is -0.464 e. The zero-order valence-electron chi connectivity index (χ0n) is 14.7. The maximum Gasteiger partial charge on any atom is 0.407 e. The van der Waals surface area contributed by atoms with Gasteiger partial charge in [0.15, 0.2) is 0 Å². The van der Waals surface area contributed by atoms with Crippen molar-refractivity contribution >= 4 is 12.1 Å². The molecule has 0 fully saturated rings. The van der Waals surface area contributed by atoms with Crippen molar-refractivity contribution in [2.24, 2.45) is 5.92 Å². The number of hydrogen-bond donors (Lipinski definition) is 1. The molecular formula is C17H33NO4. The van der Waals surface area contributed by atoms with Crippen LogP contribution < -0.4 is 5.32 Å². The Balaban J connectivity index is 4.30. The van der Waals surface area contributed by atoms with E-state index in [4.69, 9.17) is 9.47 Å². The highest BCUT2D eigenvalue weighted by Gasteiger charge is 2.22. The SMILES string of the molecule is CCCCCCC(NC(=O)OCCCC)C(=O)OCC(C)C. The Morgan fingerprint density at radius 2 is 1.64 bits per heavy atom. The summed E-state index contributed by atoms with van der Waals surface area (Å²) in [7, 11) is 0. The molecule has 1 atom stereocenters.